The van der Waals surface area contributed by atoms with E-state index in [1.807, 2.05) is 18.2 Å². The number of hydrogen-bond donors (Lipinski definition) is 1. The molecule has 102 valence electrons. The first kappa shape index (κ1) is 15.5. The molecule has 0 spiro atoms. The molecule has 0 radical (unpaired) electrons. The van der Waals surface area contributed by atoms with Gasteiger partial charge in [0.25, 0.3) is 0 Å². The predicted molar refractivity (Wildman–Crippen MR) is 88.0 cm³/mol. The summed E-state index contributed by atoms with van der Waals surface area (Å²) >= 11 is 10.3. The lowest BCUT2D eigenvalue weighted by Crippen LogP contribution is -2.03. The third-order valence-corrected chi connectivity index (χ3v) is 4.35. The summed E-state index contributed by atoms with van der Waals surface area (Å²) in [5, 5.41) is 11.9. The molecular weight excluding hydrogens is 455 g/mol. The van der Waals surface area contributed by atoms with Crippen molar-refractivity contribution in [2.24, 2.45) is 0 Å². The number of nitrogens with one attached hydrogen (secondary N) is 1. The maximum Gasteiger partial charge on any atom is 0.129 e. The first-order valence-corrected chi connectivity index (χ1v) is 7.96. The fraction of sp³-hybridized carbons (Fsp3) is 0.0714. The number of nitrogens with zero attached hydrogens (tertiary/aromatic N) is 1. The fourth-order valence-electron chi connectivity index (χ4n) is 1.65. The lowest BCUT2D eigenvalue weighted by atomic mass is 10.1. The van der Waals surface area contributed by atoms with Gasteiger partial charge in [-0.15, -0.1) is 0 Å². The molecule has 1 N–H and O–H groups in total. The lowest BCUT2D eigenvalue weighted by Gasteiger charge is -2.12. The minimum absolute atomic E-state index is 0.317. The van der Waals surface area contributed by atoms with Crippen LogP contribution in [0.2, 0.25) is 0 Å². The van der Waals surface area contributed by atoms with E-state index >= 15 is 0 Å². The first-order valence-electron chi connectivity index (χ1n) is 5.58. The molecule has 20 heavy (non-hydrogen) atoms. The Hall–Kier alpha value is -0.900. The Morgan fingerprint density at radius 3 is 2.30 bits per heavy atom. The van der Waals surface area contributed by atoms with Crippen molar-refractivity contribution in [3.8, 4) is 6.07 Å². The molecule has 0 aromatic heterocycles. The van der Waals surface area contributed by atoms with Crippen molar-refractivity contribution in [2.45, 2.75) is 6.54 Å². The van der Waals surface area contributed by atoms with Crippen molar-refractivity contribution >= 4 is 53.5 Å². The molecule has 0 fully saturated rings. The normalized spacial score (nSPS) is 10.2. The van der Waals surface area contributed by atoms with Crippen LogP contribution in [0.3, 0.4) is 0 Å². The summed E-state index contributed by atoms with van der Waals surface area (Å²) in [6.07, 6.45) is 0. The highest BCUT2D eigenvalue weighted by molar-refractivity contribution is 9.11. The van der Waals surface area contributed by atoms with Gasteiger partial charge in [0.2, 0.25) is 0 Å². The Labute approximate surface area is 141 Å². The molecule has 0 aliphatic carbocycles. The molecule has 2 aromatic rings. The summed E-state index contributed by atoms with van der Waals surface area (Å²) in [4.78, 5) is 0. The summed E-state index contributed by atoms with van der Waals surface area (Å²) in [5.74, 6) is -0.388. The summed E-state index contributed by atoms with van der Waals surface area (Å²) in [6, 6.07) is 10.2. The quantitative estimate of drug-likeness (QED) is 0.644. The van der Waals surface area contributed by atoms with E-state index in [2.05, 4.69) is 53.1 Å². The molecule has 0 amide bonds. The minimum Gasteiger partial charge on any atom is -0.379 e. The van der Waals surface area contributed by atoms with Crippen LogP contribution in [0.25, 0.3) is 0 Å². The van der Waals surface area contributed by atoms with Gasteiger partial charge in [0.1, 0.15) is 5.82 Å². The third kappa shape index (κ3) is 3.60. The topological polar surface area (TPSA) is 35.8 Å². The van der Waals surface area contributed by atoms with Crippen LogP contribution in [-0.2, 0) is 6.54 Å². The van der Waals surface area contributed by atoms with Crippen LogP contribution in [0.1, 0.15) is 11.1 Å². The van der Waals surface area contributed by atoms with Gasteiger partial charge in [-0.05, 0) is 56.1 Å². The van der Waals surface area contributed by atoms with E-state index in [1.54, 1.807) is 12.1 Å². The maximum atomic E-state index is 13.8. The number of benzene rings is 2. The molecule has 2 aromatic carbocycles. The summed E-state index contributed by atoms with van der Waals surface area (Å²) in [6.45, 7) is 0.330. The molecule has 2 rings (SSSR count). The summed E-state index contributed by atoms with van der Waals surface area (Å²) < 4.78 is 16.5. The van der Waals surface area contributed by atoms with E-state index in [0.717, 1.165) is 19.1 Å². The van der Waals surface area contributed by atoms with E-state index < -0.39 is 0 Å². The van der Waals surface area contributed by atoms with Crippen LogP contribution >= 0.6 is 47.8 Å². The minimum atomic E-state index is -0.388. The largest absolute Gasteiger partial charge is 0.379 e. The fourth-order valence-corrected chi connectivity index (χ4v) is 4.19. The van der Waals surface area contributed by atoms with Gasteiger partial charge in [-0.2, -0.15) is 5.26 Å². The highest BCUT2D eigenvalue weighted by Crippen LogP contribution is 2.34. The van der Waals surface area contributed by atoms with E-state index in [9.17, 15) is 4.39 Å². The maximum absolute atomic E-state index is 13.8. The average molecular weight is 463 g/mol. The Balaban J connectivity index is 2.20. The van der Waals surface area contributed by atoms with Crippen molar-refractivity contribution in [1.29, 1.82) is 5.26 Å². The van der Waals surface area contributed by atoms with Crippen molar-refractivity contribution in [1.82, 2.24) is 0 Å². The SMILES string of the molecule is N#Cc1ccc(CNc2c(Br)cc(Br)cc2Br)c(F)c1. The zero-order chi connectivity index (χ0) is 14.7. The van der Waals surface area contributed by atoms with Crippen molar-refractivity contribution in [3.63, 3.8) is 0 Å². The Kier molecular flexibility index (Phi) is 5.19. The Morgan fingerprint density at radius 1 is 1.10 bits per heavy atom. The lowest BCUT2D eigenvalue weighted by molar-refractivity contribution is 0.612. The molecule has 0 heterocycles. The van der Waals surface area contributed by atoms with E-state index in [4.69, 9.17) is 5.26 Å². The van der Waals surface area contributed by atoms with Crippen molar-refractivity contribution in [2.75, 3.05) is 5.32 Å². The number of hydrogen-bond acceptors (Lipinski definition) is 2. The molecule has 0 atom stereocenters. The highest BCUT2D eigenvalue weighted by atomic mass is 79.9. The van der Waals surface area contributed by atoms with Gasteiger partial charge >= 0.3 is 0 Å². The Morgan fingerprint density at radius 2 is 1.75 bits per heavy atom. The van der Waals surface area contributed by atoms with E-state index in [1.165, 1.54) is 6.07 Å². The average Bonchev–Trinajstić information content (AvgIpc) is 2.39. The standard InChI is InChI=1S/C14H8Br3FN2/c15-10-4-11(16)14(12(17)5-10)20-7-9-2-1-8(6-19)3-13(9)18/h1-5,20H,7H2. The second-order valence-corrected chi connectivity index (χ2v) is 6.64. The van der Waals surface area contributed by atoms with Gasteiger partial charge in [-0.3, -0.25) is 0 Å². The molecule has 0 aliphatic heterocycles. The van der Waals surface area contributed by atoms with E-state index in [0.29, 0.717) is 17.7 Å². The van der Waals surface area contributed by atoms with Gasteiger partial charge in [0.05, 0.1) is 17.3 Å². The van der Waals surface area contributed by atoms with Gasteiger partial charge < -0.3 is 5.32 Å². The zero-order valence-electron chi connectivity index (χ0n) is 10.1. The van der Waals surface area contributed by atoms with E-state index in [-0.39, 0.29) is 5.82 Å². The van der Waals surface area contributed by atoms with Crippen LogP contribution in [0.4, 0.5) is 10.1 Å². The number of rotatable bonds is 3. The van der Waals surface area contributed by atoms with Gasteiger partial charge in [-0.1, -0.05) is 22.0 Å². The molecule has 0 bridgehead atoms. The molecular formula is C14H8Br3FN2. The first-order chi connectivity index (χ1) is 9.51. The van der Waals surface area contributed by atoms with Crippen LogP contribution in [0, 0.1) is 17.1 Å². The predicted octanol–water partition coefficient (Wildman–Crippen LogP) is 5.60. The highest BCUT2D eigenvalue weighted by Gasteiger charge is 2.08. The molecule has 0 aliphatic rings. The number of nitriles is 1. The molecule has 0 saturated heterocycles. The van der Waals surface area contributed by atoms with Gasteiger partial charge in [0.15, 0.2) is 0 Å². The molecule has 6 heteroatoms. The smallest absolute Gasteiger partial charge is 0.129 e. The molecule has 2 nitrogen and oxygen atoms in total. The number of halogens is 4. The Bertz CT molecular complexity index is 672. The van der Waals surface area contributed by atoms with Crippen molar-refractivity contribution < 1.29 is 4.39 Å². The zero-order valence-corrected chi connectivity index (χ0v) is 14.8. The van der Waals surface area contributed by atoms with Gasteiger partial charge in [0, 0.05) is 25.5 Å². The van der Waals surface area contributed by atoms with Crippen molar-refractivity contribution in [3.05, 3.63) is 60.7 Å². The molecule has 0 unspecified atom stereocenters. The summed E-state index contributed by atoms with van der Waals surface area (Å²) in [5.41, 5.74) is 1.67. The molecule has 0 saturated carbocycles. The van der Waals surface area contributed by atoms with Crippen LogP contribution in [0.15, 0.2) is 43.7 Å². The summed E-state index contributed by atoms with van der Waals surface area (Å²) in [7, 11) is 0. The third-order valence-electron chi connectivity index (χ3n) is 2.64. The van der Waals surface area contributed by atoms with Crippen LogP contribution in [-0.4, -0.2) is 0 Å². The van der Waals surface area contributed by atoms with Crippen LogP contribution in [0.5, 0.6) is 0 Å². The van der Waals surface area contributed by atoms with Gasteiger partial charge in [-0.25, -0.2) is 4.39 Å². The number of anilines is 1. The second-order valence-electron chi connectivity index (χ2n) is 4.02. The monoisotopic (exact) mass is 460 g/mol. The second kappa shape index (κ2) is 6.70. The van der Waals surface area contributed by atoms with Crippen LogP contribution < -0.4 is 5.32 Å².